The fourth-order valence-electron chi connectivity index (χ4n) is 2.04. The molecule has 0 saturated carbocycles. The maximum atomic E-state index is 13.0. The molecule has 0 radical (unpaired) electrons. The first kappa shape index (κ1) is 18.2. The number of hydrogen-bond donors (Lipinski definition) is 0. The van der Waals surface area contributed by atoms with Gasteiger partial charge in [0.15, 0.2) is 5.12 Å². The summed E-state index contributed by atoms with van der Waals surface area (Å²) < 4.78 is 25.0. The second-order valence-corrected chi connectivity index (χ2v) is 7.65. The van der Waals surface area contributed by atoms with Crippen LogP contribution in [-0.2, 0) is 14.1 Å². The van der Waals surface area contributed by atoms with Crippen molar-refractivity contribution in [1.29, 1.82) is 0 Å². The van der Waals surface area contributed by atoms with Crippen LogP contribution < -0.4 is 0 Å². The van der Waals surface area contributed by atoms with Crippen molar-refractivity contribution in [2.45, 2.75) is 45.8 Å². The lowest BCUT2D eigenvalue weighted by molar-refractivity contribution is -0.109. The first-order chi connectivity index (χ1) is 10.6. The molecule has 2 rings (SSSR count). The Balaban J connectivity index is 2.28. The summed E-state index contributed by atoms with van der Waals surface area (Å²) in [6.07, 6.45) is 3.28. The summed E-state index contributed by atoms with van der Waals surface area (Å²) in [5, 5.41) is 0.0182. The molecule has 0 atom stereocenters. The number of pyridine rings is 1. The zero-order valence-corrected chi connectivity index (χ0v) is 14.9. The molecule has 0 bridgehead atoms. The lowest BCUT2D eigenvalue weighted by atomic mass is 9.78. The van der Waals surface area contributed by atoms with E-state index in [2.05, 4.69) is 4.98 Å². The molecule has 0 aromatic carbocycles. The number of carbonyl (C=O) groups is 1. The molecular formula is C16H21BFNO3S. The van der Waals surface area contributed by atoms with Crippen molar-refractivity contribution < 1.29 is 18.5 Å². The standard InChI is InChI=1S/C16H21BFNO3S/c1-11(20)23-10-13(8-12-6-7-14(18)19-9-12)17-21-15(2,3)16(4,5)22-17/h6-9H,10H2,1-5H3. The molecule has 1 aliphatic heterocycles. The quantitative estimate of drug-likeness (QED) is 0.622. The molecule has 1 aliphatic rings. The van der Waals surface area contributed by atoms with E-state index in [1.165, 1.54) is 30.9 Å². The molecule has 0 spiro atoms. The largest absolute Gasteiger partial charge is 0.491 e. The van der Waals surface area contributed by atoms with Crippen LogP contribution in [0.25, 0.3) is 6.08 Å². The summed E-state index contributed by atoms with van der Waals surface area (Å²) >= 11 is 1.19. The minimum atomic E-state index is -0.545. The van der Waals surface area contributed by atoms with Gasteiger partial charge in [0, 0.05) is 18.9 Å². The fraction of sp³-hybridized carbons (Fsp3) is 0.500. The third-order valence-electron chi connectivity index (χ3n) is 4.10. The Labute approximate surface area is 141 Å². The van der Waals surface area contributed by atoms with Crippen LogP contribution in [0.15, 0.2) is 23.8 Å². The van der Waals surface area contributed by atoms with E-state index in [0.717, 1.165) is 11.0 Å². The average molecular weight is 337 g/mol. The number of rotatable bonds is 4. The highest BCUT2D eigenvalue weighted by molar-refractivity contribution is 8.13. The van der Waals surface area contributed by atoms with Crippen LogP contribution in [0.1, 0.15) is 40.2 Å². The highest BCUT2D eigenvalue weighted by atomic mass is 32.2. The first-order valence-corrected chi connectivity index (χ1v) is 8.40. The van der Waals surface area contributed by atoms with Gasteiger partial charge in [-0.25, -0.2) is 4.98 Å². The van der Waals surface area contributed by atoms with Gasteiger partial charge in [-0.05, 0) is 50.9 Å². The topological polar surface area (TPSA) is 48.4 Å². The molecule has 1 aromatic rings. The van der Waals surface area contributed by atoms with Gasteiger partial charge in [0.2, 0.25) is 5.95 Å². The van der Waals surface area contributed by atoms with Gasteiger partial charge in [-0.3, -0.25) is 4.79 Å². The van der Waals surface area contributed by atoms with E-state index < -0.39 is 24.3 Å². The van der Waals surface area contributed by atoms with Crippen LogP contribution in [0.5, 0.6) is 0 Å². The summed E-state index contributed by atoms with van der Waals surface area (Å²) in [6, 6.07) is 2.93. The van der Waals surface area contributed by atoms with Gasteiger partial charge < -0.3 is 9.31 Å². The third-order valence-corrected chi connectivity index (χ3v) is 4.98. The summed E-state index contributed by atoms with van der Waals surface area (Å²) in [5.74, 6) is -0.0822. The lowest BCUT2D eigenvalue weighted by Gasteiger charge is -2.32. The number of thioether (sulfide) groups is 1. The van der Waals surface area contributed by atoms with E-state index in [1.54, 1.807) is 6.07 Å². The SMILES string of the molecule is CC(=O)SCC(=Cc1ccc(F)nc1)B1OC(C)(C)C(C)(C)O1. The van der Waals surface area contributed by atoms with Gasteiger partial charge in [0.1, 0.15) is 0 Å². The number of carbonyl (C=O) groups excluding carboxylic acids is 1. The molecule has 0 N–H and O–H groups in total. The highest BCUT2D eigenvalue weighted by Gasteiger charge is 2.52. The molecule has 0 aliphatic carbocycles. The Hall–Kier alpha value is -1.18. The zero-order chi connectivity index (χ0) is 17.3. The predicted molar refractivity (Wildman–Crippen MR) is 91.4 cm³/mol. The number of hydrogen-bond acceptors (Lipinski definition) is 5. The normalized spacial score (nSPS) is 19.9. The van der Waals surface area contributed by atoms with E-state index in [1.807, 2.05) is 33.8 Å². The van der Waals surface area contributed by atoms with E-state index in [-0.39, 0.29) is 5.12 Å². The Morgan fingerprint density at radius 3 is 2.39 bits per heavy atom. The zero-order valence-electron chi connectivity index (χ0n) is 14.1. The molecule has 124 valence electrons. The van der Waals surface area contributed by atoms with Gasteiger partial charge in [0.25, 0.3) is 0 Å². The number of nitrogens with zero attached hydrogens (tertiary/aromatic N) is 1. The Bertz CT molecular complexity index is 600. The van der Waals surface area contributed by atoms with Crippen LogP contribution in [0.3, 0.4) is 0 Å². The molecule has 7 heteroatoms. The van der Waals surface area contributed by atoms with Gasteiger partial charge in [-0.15, -0.1) is 0 Å². The first-order valence-electron chi connectivity index (χ1n) is 7.42. The minimum Gasteiger partial charge on any atom is -0.400 e. The molecule has 0 unspecified atom stereocenters. The van der Waals surface area contributed by atoms with Crippen molar-refractivity contribution in [1.82, 2.24) is 4.98 Å². The predicted octanol–water partition coefficient (Wildman–Crippen LogP) is 3.52. The van der Waals surface area contributed by atoms with Gasteiger partial charge in [-0.1, -0.05) is 17.8 Å². The second-order valence-electron chi connectivity index (χ2n) is 6.50. The van der Waals surface area contributed by atoms with Crippen LogP contribution in [0.2, 0.25) is 0 Å². The Morgan fingerprint density at radius 2 is 1.91 bits per heavy atom. The Kier molecular flexibility index (Phi) is 5.33. The molecule has 1 aromatic heterocycles. The molecule has 1 saturated heterocycles. The lowest BCUT2D eigenvalue weighted by Crippen LogP contribution is -2.41. The van der Waals surface area contributed by atoms with Crippen LogP contribution in [0.4, 0.5) is 4.39 Å². The average Bonchev–Trinajstić information content (AvgIpc) is 2.65. The molecule has 4 nitrogen and oxygen atoms in total. The fourth-order valence-corrected chi connectivity index (χ4v) is 2.63. The molecular weight excluding hydrogens is 316 g/mol. The van der Waals surface area contributed by atoms with Gasteiger partial charge >= 0.3 is 7.12 Å². The molecule has 1 fully saturated rings. The maximum Gasteiger partial charge on any atom is 0.491 e. The van der Waals surface area contributed by atoms with Gasteiger partial charge in [0.05, 0.1) is 11.2 Å². The van der Waals surface area contributed by atoms with E-state index in [0.29, 0.717) is 5.75 Å². The molecule has 0 amide bonds. The third kappa shape index (κ3) is 4.43. The number of halogens is 1. The van der Waals surface area contributed by atoms with Crippen LogP contribution in [0, 0.1) is 5.95 Å². The smallest absolute Gasteiger partial charge is 0.400 e. The maximum absolute atomic E-state index is 13.0. The van der Waals surface area contributed by atoms with Crippen LogP contribution >= 0.6 is 11.8 Å². The van der Waals surface area contributed by atoms with E-state index in [4.69, 9.17) is 9.31 Å². The summed E-state index contributed by atoms with van der Waals surface area (Å²) in [6.45, 7) is 9.42. The van der Waals surface area contributed by atoms with E-state index in [9.17, 15) is 9.18 Å². The number of aromatic nitrogens is 1. The summed E-state index contributed by atoms with van der Waals surface area (Å²) in [5.41, 5.74) is 0.634. The highest BCUT2D eigenvalue weighted by Crippen LogP contribution is 2.39. The second kappa shape index (κ2) is 6.75. The van der Waals surface area contributed by atoms with Crippen molar-refractivity contribution in [3.05, 3.63) is 35.3 Å². The minimum absolute atomic E-state index is 0.0182. The van der Waals surface area contributed by atoms with Crippen molar-refractivity contribution in [2.75, 3.05) is 5.75 Å². The monoisotopic (exact) mass is 337 g/mol. The summed E-state index contributed by atoms with van der Waals surface area (Å²) in [7, 11) is -0.545. The van der Waals surface area contributed by atoms with E-state index >= 15 is 0 Å². The van der Waals surface area contributed by atoms with Crippen molar-refractivity contribution in [2.24, 2.45) is 0 Å². The molecule has 2 heterocycles. The van der Waals surface area contributed by atoms with Crippen molar-refractivity contribution in [3.8, 4) is 0 Å². The van der Waals surface area contributed by atoms with Crippen molar-refractivity contribution >= 4 is 30.1 Å². The van der Waals surface area contributed by atoms with Gasteiger partial charge in [-0.2, -0.15) is 4.39 Å². The molecule has 23 heavy (non-hydrogen) atoms. The van der Waals surface area contributed by atoms with Crippen LogP contribution in [-0.4, -0.2) is 34.2 Å². The van der Waals surface area contributed by atoms with Crippen molar-refractivity contribution in [3.63, 3.8) is 0 Å². The summed E-state index contributed by atoms with van der Waals surface area (Å²) in [4.78, 5) is 15.0. The Morgan fingerprint density at radius 1 is 1.30 bits per heavy atom.